The molecule has 0 atom stereocenters. The van der Waals surface area contributed by atoms with Crippen molar-refractivity contribution < 1.29 is 19.3 Å². The maximum Gasteiger partial charge on any atom is 0.269 e. The molecule has 0 aromatic heterocycles. The maximum atomic E-state index is 10.7. The fraction of sp³-hybridized carbons (Fsp3) is 0. The molecule has 0 saturated carbocycles. The van der Waals surface area contributed by atoms with E-state index in [-0.39, 0.29) is 11.4 Å². The molecule has 0 radical (unpaired) electrons. The summed E-state index contributed by atoms with van der Waals surface area (Å²) in [6, 6.07) is 26.8. The Morgan fingerprint density at radius 3 is 1.03 bits per heavy atom. The first-order valence-corrected chi connectivity index (χ1v) is 10.5. The zero-order valence-corrected chi connectivity index (χ0v) is 17.8. The van der Waals surface area contributed by atoms with Crippen LogP contribution in [-0.2, 0) is 0 Å². The van der Waals surface area contributed by atoms with Crippen LogP contribution in [0.15, 0.2) is 107 Å². The van der Waals surface area contributed by atoms with Gasteiger partial charge >= 0.3 is 0 Å². The highest BCUT2D eigenvalue weighted by Gasteiger charge is 2.07. The van der Waals surface area contributed by atoms with E-state index in [0.717, 1.165) is 9.79 Å². The molecular weight excluding hydrogens is 444 g/mol. The standard InChI is InChI=1S/C24H16N2O6S/c27-25(28)17-1-5-19(6-2-17)31-21-9-13-23(14-10-21)33-24-15-11-22(12-16-24)32-20-7-3-18(4-8-20)26(29)30/h1-16H. The lowest BCUT2D eigenvalue weighted by Gasteiger charge is -2.08. The Bertz CT molecular complexity index is 1160. The summed E-state index contributed by atoms with van der Waals surface area (Å²) >= 11 is 1.57. The highest BCUT2D eigenvalue weighted by Crippen LogP contribution is 2.32. The first-order chi connectivity index (χ1) is 16.0. The SMILES string of the molecule is O=[N+]([O-])c1ccc(Oc2ccc(Sc3ccc(Oc4ccc([N+](=O)[O-])cc4)cc3)cc2)cc1. The molecule has 0 bridgehead atoms. The predicted octanol–water partition coefficient (Wildman–Crippen LogP) is 7.24. The molecule has 0 N–H and O–H groups in total. The van der Waals surface area contributed by atoms with Gasteiger partial charge in [0.25, 0.3) is 11.4 Å². The van der Waals surface area contributed by atoms with Gasteiger partial charge in [0.15, 0.2) is 0 Å². The zero-order chi connectivity index (χ0) is 23.2. The van der Waals surface area contributed by atoms with E-state index in [1.807, 2.05) is 48.5 Å². The van der Waals surface area contributed by atoms with E-state index in [4.69, 9.17) is 9.47 Å². The highest BCUT2D eigenvalue weighted by molar-refractivity contribution is 7.99. The Morgan fingerprint density at radius 2 is 0.758 bits per heavy atom. The average Bonchev–Trinajstić information content (AvgIpc) is 2.82. The first kappa shape index (κ1) is 21.8. The molecule has 0 saturated heterocycles. The van der Waals surface area contributed by atoms with Crippen molar-refractivity contribution in [1.82, 2.24) is 0 Å². The molecule has 0 heterocycles. The van der Waals surface area contributed by atoms with E-state index in [2.05, 4.69) is 0 Å². The zero-order valence-electron chi connectivity index (χ0n) is 17.0. The van der Waals surface area contributed by atoms with Gasteiger partial charge in [0.1, 0.15) is 23.0 Å². The minimum Gasteiger partial charge on any atom is -0.457 e. The molecule has 9 heteroatoms. The number of nitro benzene ring substituents is 2. The highest BCUT2D eigenvalue weighted by atomic mass is 32.2. The van der Waals surface area contributed by atoms with Gasteiger partial charge in [0.05, 0.1) is 9.85 Å². The quantitative estimate of drug-likeness (QED) is 0.202. The van der Waals surface area contributed by atoms with Crippen LogP contribution in [-0.4, -0.2) is 9.85 Å². The lowest BCUT2D eigenvalue weighted by Crippen LogP contribution is -1.88. The number of rotatable bonds is 8. The minimum atomic E-state index is -0.454. The van der Waals surface area contributed by atoms with Gasteiger partial charge < -0.3 is 9.47 Å². The fourth-order valence-corrected chi connectivity index (χ4v) is 3.65. The molecule has 4 aromatic carbocycles. The maximum absolute atomic E-state index is 10.7. The Kier molecular flexibility index (Phi) is 6.51. The number of ether oxygens (including phenoxy) is 2. The van der Waals surface area contributed by atoms with E-state index >= 15 is 0 Å². The van der Waals surface area contributed by atoms with Crippen LogP contribution in [0, 0.1) is 20.2 Å². The first-order valence-electron chi connectivity index (χ1n) is 9.69. The number of nitrogens with zero attached hydrogens (tertiary/aromatic N) is 2. The molecule has 8 nitrogen and oxygen atoms in total. The Hall–Kier alpha value is -4.37. The minimum absolute atomic E-state index is 0.0123. The van der Waals surface area contributed by atoms with Crippen molar-refractivity contribution in [3.05, 3.63) is 117 Å². The van der Waals surface area contributed by atoms with E-state index in [0.29, 0.717) is 23.0 Å². The molecule has 0 amide bonds. The average molecular weight is 460 g/mol. The Labute approximate surface area is 192 Å². The van der Waals surface area contributed by atoms with Crippen molar-refractivity contribution in [3.8, 4) is 23.0 Å². The summed E-state index contributed by atoms with van der Waals surface area (Å²) in [6.07, 6.45) is 0. The molecule has 33 heavy (non-hydrogen) atoms. The van der Waals surface area contributed by atoms with Gasteiger partial charge in [0, 0.05) is 34.1 Å². The molecule has 4 rings (SSSR count). The third-order valence-corrected chi connectivity index (χ3v) is 5.47. The molecule has 0 unspecified atom stereocenters. The molecule has 164 valence electrons. The summed E-state index contributed by atoms with van der Waals surface area (Å²) < 4.78 is 11.5. The van der Waals surface area contributed by atoms with Crippen molar-refractivity contribution in [3.63, 3.8) is 0 Å². The molecule has 0 aliphatic rings. The normalized spacial score (nSPS) is 10.4. The van der Waals surface area contributed by atoms with Crippen LogP contribution < -0.4 is 9.47 Å². The van der Waals surface area contributed by atoms with Crippen molar-refractivity contribution in [2.24, 2.45) is 0 Å². The van der Waals surface area contributed by atoms with Gasteiger partial charge in [-0.25, -0.2) is 0 Å². The molecule has 0 spiro atoms. The Morgan fingerprint density at radius 1 is 0.485 bits per heavy atom. The number of benzene rings is 4. The van der Waals surface area contributed by atoms with E-state index in [9.17, 15) is 20.2 Å². The summed E-state index contributed by atoms with van der Waals surface area (Å²) in [6.45, 7) is 0. The van der Waals surface area contributed by atoms with E-state index in [1.54, 1.807) is 36.0 Å². The van der Waals surface area contributed by atoms with Crippen LogP contribution in [0.4, 0.5) is 11.4 Å². The van der Waals surface area contributed by atoms with Crippen molar-refractivity contribution >= 4 is 23.1 Å². The van der Waals surface area contributed by atoms with Crippen LogP contribution in [0.25, 0.3) is 0 Å². The molecule has 4 aromatic rings. The van der Waals surface area contributed by atoms with Crippen LogP contribution in [0.1, 0.15) is 0 Å². The Balaban J connectivity index is 1.34. The number of hydrogen-bond donors (Lipinski definition) is 0. The molecule has 0 aliphatic carbocycles. The second kappa shape index (κ2) is 9.84. The van der Waals surface area contributed by atoms with Crippen LogP contribution >= 0.6 is 11.8 Å². The predicted molar refractivity (Wildman–Crippen MR) is 123 cm³/mol. The largest absolute Gasteiger partial charge is 0.457 e. The van der Waals surface area contributed by atoms with Gasteiger partial charge in [0.2, 0.25) is 0 Å². The van der Waals surface area contributed by atoms with Gasteiger partial charge in [-0.15, -0.1) is 0 Å². The van der Waals surface area contributed by atoms with E-state index in [1.165, 1.54) is 24.3 Å². The number of nitro groups is 2. The lowest BCUT2D eigenvalue weighted by molar-refractivity contribution is -0.385. The summed E-state index contributed by atoms with van der Waals surface area (Å²) in [7, 11) is 0. The van der Waals surface area contributed by atoms with Crippen molar-refractivity contribution in [1.29, 1.82) is 0 Å². The van der Waals surface area contributed by atoms with Crippen molar-refractivity contribution in [2.75, 3.05) is 0 Å². The van der Waals surface area contributed by atoms with Crippen LogP contribution in [0.5, 0.6) is 23.0 Å². The summed E-state index contributed by atoms with van der Waals surface area (Å²) in [5.74, 6) is 2.29. The molecule has 0 aliphatic heterocycles. The molecular formula is C24H16N2O6S. The smallest absolute Gasteiger partial charge is 0.269 e. The van der Waals surface area contributed by atoms with E-state index < -0.39 is 9.85 Å². The number of hydrogen-bond acceptors (Lipinski definition) is 7. The third-order valence-electron chi connectivity index (χ3n) is 4.45. The molecule has 0 fully saturated rings. The van der Waals surface area contributed by atoms with Gasteiger partial charge in [-0.3, -0.25) is 20.2 Å². The topological polar surface area (TPSA) is 105 Å². The van der Waals surface area contributed by atoms with Gasteiger partial charge in [-0.2, -0.15) is 0 Å². The summed E-state index contributed by atoms with van der Waals surface area (Å²) in [5, 5.41) is 21.5. The van der Waals surface area contributed by atoms with Crippen LogP contribution in [0.2, 0.25) is 0 Å². The summed E-state index contributed by atoms with van der Waals surface area (Å²) in [5.41, 5.74) is 0.0246. The summed E-state index contributed by atoms with van der Waals surface area (Å²) in [4.78, 5) is 22.6. The monoisotopic (exact) mass is 460 g/mol. The number of non-ortho nitro benzene ring substituents is 2. The lowest BCUT2D eigenvalue weighted by atomic mass is 10.3. The third kappa shape index (κ3) is 5.86. The van der Waals surface area contributed by atoms with Gasteiger partial charge in [-0.1, -0.05) is 11.8 Å². The second-order valence-electron chi connectivity index (χ2n) is 6.75. The van der Waals surface area contributed by atoms with Crippen molar-refractivity contribution in [2.45, 2.75) is 9.79 Å². The second-order valence-corrected chi connectivity index (χ2v) is 7.90. The van der Waals surface area contributed by atoms with Crippen LogP contribution in [0.3, 0.4) is 0 Å². The van der Waals surface area contributed by atoms with Gasteiger partial charge in [-0.05, 0) is 72.8 Å². The fourth-order valence-electron chi connectivity index (χ4n) is 2.83.